The van der Waals surface area contributed by atoms with Gasteiger partial charge in [0.1, 0.15) is 11.6 Å². The molecule has 0 radical (unpaired) electrons. The maximum Gasteiger partial charge on any atom is 0.132 e. The van der Waals surface area contributed by atoms with Crippen molar-refractivity contribution in [3.63, 3.8) is 0 Å². The maximum absolute atomic E-state index is 13.6. The highest BCUT2D eigenvalue weighted by molar-refractivity contribution is 7.80. The SMILES string of the molecule is COc1ccc(-c2ccc(S)cc2F)cc1. The Labute approximate surface area is 99.3 Å². The van der Waals surface area contributed by atoms with Crippen molar-refractivity contribution >= 4 is 12.6 Å². The van der Waals surface area contributed by atoms with Gasteiger partial charge in [-0.05, 0) is 29.8 Å². The standard InChI is InChI=1S/C13H11FOS/c1-15-10-4-2-9(3-5-10)12-7-6-11(16)8-13(12)14/h2-8,16H,1H3. The Hall–Kier alpha value is -1.48. The van der Waals surface area contributed by atoms with Gasteiger partial charge in [0.05, 0.1) is 7.11 Å². The molecule has 16 heavy (non-hydrogen) atoms. The van der Waals surface area contributed by atoms with Crippen LogP contribution in [0, 0.1) is 5.82 Å². The molecule has 2 rings (SSSR count). The maximum atomic E-state index is 13.6. The van der Waals surface area contributed by atoms with Gasteiger partial charge >= 0.3 is 0 Å². The van der Waals surface area contributed by atoms with E-state index in [1.807, 2.05) is 24.3 Å². The number of halogens is 1. The average Bonchev–Trinajstić information content (AvgIpc) is 2.29. The van der Waals surface area contributed by atoms with E-state index in [0.717, 1.165) is 11.3 Å². The number of methoxy groups -OCH3 is 1. The predicted octanol–water partition coefficient (Wildman–Crippen LogP) is 3.79. The molecule has 0 aromatic heterocycles. The van der Waals surface area contributed by atoms with E-state index in [4.69, 9.17) is 4.74 Å². The van der Waals surface area contributed by atoms with Crippen molar-refractivity contribution in [3.05, 3.63) is 48.3 Å². The molecule has 0 bridgehead atoms. The molecule has 0 spiro atoms. The summed E-state index contributed by atoms with van der Waals surface area (Å²) in [6.07, 6.45) is 0. The van der Waals surface area contributed by atoms with Crippen LogP contribution in [-0.4, -0.2) is 7.11 Å². The van der Waals surface area contributed by atoms with Crippen LogP contribution < -0.4 is 4.74 Å². The average molecular weight is 234 g/mol. The van der Waals surface area contributed by atoms with Crippen molar-refractivity contribution in [1.82, 2.24) is 0 Å². The largest absolute Gasteiger partial charge is 0.497 e. The molecule has 0 saturated carbocycles. The van der Waals surface area contributed by atoms with Crippen LogP contribution >= 0.6 is 12.6 Å². The zero-order valence-electron chi connectivity index (χ0n) is 8.77. The number of rotatable bonds is 2. The first-order valence-electron chi connectivity index (χ1n) is 4.83. The Morgan fingerprint density at radius 1 is 1.06 bits per heavy atom. The number of hydrogen-bond donors (Lipinski definition) is 1. The molecule has 0 saturated heterocycles. The van der Waals surface area contributed by atoms with Gasteiger partial charge in [-0.3, -0.25) is 0 Å². The van der Waals surface area contributed by atoms with Gasteiger partial charge in [-0.1, -0.05) is 18.2 Å². The van der Waals surface area contributed by atoms with Crippen LogP contribution in [0.15, 0.2) is 47.4 Å². The van der Waals surface area contributed by atoms with Crippen molar-refractivity contribution in [2.45, 2.75) is 4.90 Å². The van der Waals surface area contributed by atoms with Crippen molar-refractivity contribution in [1.29, 1.82) is 0 Å². The fraction of sp³-hybridized carbons (Fsp3) is 0.0769. The number of hydrogen-bond acceptors (Lipinski definition) is 2. The van der Waals surface area contributed by atoms with E-state index in [1.54, 1.807) is 19.2 Å². The number of benzene rings is 2. The summed E-state index contributed by atoms with van der Waals surface area (Å²) in [6, 6.07) is 12.2. The highest BCUT2D eigenvalue weighted by atomic mass is 32.1. The molecule has 2 aromatic carbocycles. The second-order valence-corrected chi connectivity index (χ2v) is 3.91. The molecular weight excluding hydrogens is 223 g/mol. The van der Waals surface area contributed by atoms with Crippen LogP contribution in [0.4, 0.5) is 4.39 Å². The molecule has 0 amide bonds. The van der Waals surface area contributed by atoms with Gasteiger partial charge in [0.2, 0.25) is 0 Å². The lowest BCUT2D eigenvalue weighted by molar-refractivity contribution is 0.415. The van der Waals surface area contributed by atoms with Crippen LogP contribution in [0.25, 0.3) is 11.1 Å². The molecule has 0 heterocycles. The molecule has 1 nitrogen and oxygen atoms in total. The van der Waals surface area contributed by atoms with Crippen molar-refractivity contribution < 1.29 is 9.13 Å². The normalized spacial score (nSPS) is 10.2. The van der Waals surface area contributed by atoms with E-state index in [2.05, 4.69) is 12.6 Å². The van der Waals surface area contributed by atoms with Crippen molar-refractivity contribution in [3.8, 4) is 16.9 Å². The lowest BCUT2D eigenvalue weighted by Crippen LogP contribution is -1.86. The van der Waals surface area contributed by atoms with Gasteiger partial charge in [0.15, 0.2) is 0 Å². The van der Waals surface area contributed by atoms with Crippen molar-refractivity contribution in [2.75, 3.05) is 7.11 Å². The van der Waals surface area contributed by atoms with E-state index in [9.17, 15) is 4.39 Å². The van der Waals surface area contributed by atoms with Gasteiger partial charge < -0.3 is 4.74 Å². The summed E-state index contributed by atoms with van der Waals surface area (Å²) in [7, 11) is 1.60. The zero-order valence-corrected chi connectivity index (χ0v) is 9.67. The monoisotopic (exact) mass is 234 g/mol. The minimum absolute atomic E-state index is 0.266. The topological polar surface area (TPSA) is 9.23 Å². The highest BCUT2D eigenvalue weighted by Gasteiger charge is 2.05. The van der Waals surface area contributed by atoms with Gasteiger partial charge in [-0.15, -0.1) is 12.6 Å². The van der Waals surface area contributed by atoms with E-state index in [1.165, 1.54) is 6.07 Å². The molecular formula is C13H11FOS. The highest BCUT2D eigenvalue weighted by Crippen LogP contribution is 2.26. The van der Waals surface area contributed by atoms with E-state index < -0.39 is 0 Å². The lowest BCUT2D eigenvalue weighted by Gasteiger charge is -2.05. The van der Waals surface area contributed by atoms with Crippen LogP contribution in [-0.2, 0) is 0 Å². The summed E-state index contributed by atoms with van der Waals surface area (Å²) in [5.74, 6) is 0.493. The minimum Gasteiger partial charge on any atom is -0.497 e. The molecule has 0 N–H and O–H groups in total. The van der Waals surface area contributed by atoms with Crippen LogP contribution in [0.1, 0.15) is 0 Å². The summed E-state index contributed by atoms with van der Waals surface area (Å²) in [5, 5.41) is 0. The van der Waals surface area contributed by atoms with Gasteiger partial charge in [0.25, 0.3) is 0 Å². The summed E-state index contributed by atoms with van der Waals surface area (Å²) in [4.78, 5) is 0.620. The fourth-order valence-corrected chi connectivity index (χ4v) is 1.70. The third-order valence-corrected chi connectivity index (χ3v) is 2.63. The second-order valence-electron chi connectivity index (χ2n) is 3.39. The van der Waals surface area contributed by atoms with E-state index in [-0.39, 0.29) is 5.82 Å². The van der Waals surface area contributed by atoms with Gasteiger partial charge in [-0.2, -0.15) is 0 Å². The zero-order chi connectivity index (χ0) is 11.5. The molecule has 0 aliphatic heterocycles. The second kappa shape index (κ2) is 4.58. The smallest absolute Gasteiger partial charge is 0.132 e. The Kier molecular flexibility index (Phi) is 3.15. The van der Waals surface area contributed by atoms with Crippen LogP contribution in [0.5, 0.6) is 5.75 Å². The number of thiol groups is 1. The van der Waals surface area contributed by atoms with Crippen LogP contribution in [0.2, 0.25) is 0 Å². The molecule has 0 fully saturated rings. The first kappa shape index (κ1) is 11.0. The first-order valence-corrected chi connectivity index (χ1v) is 5.28. The van der Waals surface area contributed by atoms with Crippen LogP contribution in [0.3, 0.4) is 0 Å². The Morgan fingerprint density at radius 3 is 2.31 bits per heavy atom. The van der Waals surface area contributed by atoms with E-state index in [0.29, 0.717) is 10.5 Å². The molecule has 0 aliphatic carbocycles. The van der Waals surface area contributed by atoms with Gasteiger partial charge in [-0.25, -0.2) is 4.39 Å². The summed E-state index contributed by atoms with van der Waals surface area (Å²) < 4.78 is 18.7. The first-order chi connectivity index (χ1) is 7.70. The predicted molar refractivity (Wildman–Crippen MR) is 65.6 cm³/mol. The summed E-state index contributed by atoms with van der Waals surface area (Å²) in [5.41, 5.74) is 1.40. The Balaban J connectivity index is 2.42. The third-order valence-electron chi connectivity index (χ3n) is 2.35. The molecule has 82 valence electrons. The molecule has 0 atom stereocenters. The molecule has 3 heteroatoms. The summed E-state index contributed by atoms with van der Waals surface area (Å²) >= 11 is 4.09. The quantitative estimate of drug-likeness (QED) is 0.778. The lowest BCUT2D eigenvalue weighted by atomic mass is 10.1. The molecule has 0 unspecified atom stereocenters. The van der Waals surface area contributed by atoms with Gasteiger partial charge in [0, 0.05) is 10.5 Å². The molecule has 2 aromatic rings. The Morgan fingerprint density at radius 2 is 1.75 bits per heavy atom. The summed E-state index contributed by atoms with van der Waals surface area (Å²) in [6.45, 7) is 0. The third kappa shape index (κ3) is 2.19. The Bertz CT molecular complexity index is 494. The number of ether oxygens (including phenoxy) is 1. The minimum atomic E-state index is -0.266. The van der Waals surface area contributed by atoms with E-state index >= 15 is 0 Å². The van der Waals surface area contributed by atoms with Crippen molar-refractivity contribution in [2.24, 2.45) is 0 Å². The fourth-order valence-electron chi connectivity index (χ4n) is 1.51. The molecule has 0 aliphatic rings.